The number of fused-ring (bicyclic) bond motifs is 1. The average Bonchev–Trinajstić information content (AvgIpc) is 2.74. The maximum absolute atomic E-state index is 11.8. The van der Waals surface area contributed by atoms with Crippen LogP contribution >= 0.6 is 15.9 Å². The van der Waals surface area contributed by atoms with E-state index in [-0.39, 0.29) is 17.2 Å². The van der Waals surface area contributed by atoms with Gasteiger partial charge in [0.05, 0.1) is 11.3 Å². The monoisotopic (exact) mass is 324 g/mol. The summed E-state index contributed by atoms with van der Waals surface area (Å²) in [6.07, 6.45) is 0.549. The molecule has 19 heavy (non-hydrogen) atoms. The number of aldehydes is 1. The quantitative estimate of drug-likeness (QED) is 0.881. The predicted molar refractivity (Wildman–Crippen MR) is 77.0 cm³/mol. The zero-order chi connectivity index (χ0) is 14.2. The van der Waals surface area contributed by atoms with Crippen molar-refractivity contribution in [3.63, 3.8) is 0 Å². The zero-order valence-electron chi connectivity index (χ0n) is 10.8. The number of furan rings is 1. The van der Waals surface area contributed by atoms with Crippen LogP contribution in [0.4, 0.5) is 5.69 Å². The third-order valence-electron chi connectivity index (χ3n) is 2.83. The van der Waals surface area contributed by atoms with Gasteiger partial charge in [-0.25, -0.2) is 0 Å². The lowest BCUT2D eigenvalue weighted by Gasteiger charge is -2.14. The first kappa shape index (κ1) is 13.6. The fraction of sp³-hybridized carbons (Fsp3) is 0.231. The highest BCUT2D eigenvalue weighted by molar-refractivity contribution is 9.10. The number of amides is 1. The van der Waals surface area contributed by atoms with Gasteiger partial charge in [-0.05, 0) is 22.0 Å². The topological polar surface area (TPSA) is 62.6 Å². The second-order valence-corrected chi connectivity index (χ2v) is 5.09. The first-order chi connectivity index (χ1) is 8.99. The zero-order valence-corrected chi connectivity index (χ0v) is 12.4. The molecule has 0 saturated heterocycles. The van der Waals surface area contributed by atoms with Crippen molar-refractivity contribution < 1.29 is 14.0 Å². The molecular formula is C13H13BrN2O3. The van der Waals surface area contributed by atoms with Crippen molar-refractivity contribution in [2.24, 2.45) is 0 Å². The number of hydrogen-bond acceptors (Lipinski definition) is 4. The molecule has 0 atom stereocenters. The first-order valence-corrected chi connectivity index (χ1v) is 6.39. The minimum Gasteiger partial charge on any atom is -0.452 e. The van der Waals surface area contributed by atoms with Crippen molar-refractivity contribution >= 4 is 44.8 Å². The van der Waals surface area contributed by atoms with E-state index in [4.69, 9.17) is 4.42 Å². The molecule has 0 fully saturated rings. The third-order valence-corrected chi connectivity index (χ3v) is 3.46. The van der Waals surface area contributed by atoms with Crippen molar-refractivity contribution in [1.29, 1.82) is 0 Å². The summed E-state index contributed by atoms with van der Waals surface area (Å²) in [5.74, 6) is -0.303. The predicted octanol–water partition coefficient (Wildman–Crippen LogP) is 2.43. The van der Waals surface area contributed by atoms with Crippen LogP contribution in [0.15, 0.2) is 21.0 Å². The highest BCUT2D eigenvalue weighted by Crippen LogP contribution is 2.34. The number of hydrogen-bond donors (Lipinski definition) is 1. The third kappa shape index (κ3) is 2.23. The Bertz CT molecular complexity index is 661. The lowest BCUT2D eigenvalue weighted by atomic mass is 10.1. The van der Waals surface area contributed by atoms with Gasteiger partial charge in [0, 0.05) is 37.1 Å². The Morgan fingerprint density at radius 1 is 1.42 bits per heavy atom. The van der Waals surface area contributed by atoms with E-state index in [2.05, 4.69) is 21.2 Å². The van der Waals surface area contributed by atoms with Gasteiger partial charge in [-0.15, -0.1) is 0 Å². The molecule has 0 aliphatic rings. The summed E-state index contributed by atoms with van der Waals surface area (Å²) < 4.78 is 6.27. The van der Waals surface area contributed by atoms with Gasteiger partial charge in [0.1, 0.15) is 5.58 Å². The Kier molecular flexibility index (Phi) is 3.61. The second kappa shape index (κ2) is 5.05. The van der Waals surface area contributed by atoms with E-state index in [0.717, 1.165) is 10.2 Å². The van der Waals surface area contributed by atoms with Crippen LogP contribution in [-0.4, -0.2) is 33.3 Å². The molecule has 0 aliphatic carbocycles. The van der Waals surface area contributed by atoms with Crippen LogP contribution in [0.2, 0.25) is 0 Å². The number of carbonyl (C=O) groups excluding carboxylic acids is 2. The molecule has 0 saturated carbocycles. The minimum absolute atomic E-state index is 0.0390. The van der Waals surface area contributed by atoms with Crippen LogP contribution < -0.4 is 10.2 Å². The molecule has 1 aromatic carbocycles. The highest BCUT2D eigenvalue weighted by Gasteiger charge is 2.21. The van der Waals surface area contributed by atoms with Gasteiger partial charge in [-0.3, -0.25) is 9.59 Å². The molecule has 1 aromatic heterocycles. The molecule has 6 heteroatoms. The molecule has 0 bridgehead atoms. The van der Waals surface area contributed by atoms with E-state index in [9.17, 15) is 9.59 Å². The summed E-state index contributed by atoms with van der Waals surface area (Å²) in [5.41, 5.74) is 1.67. The van der Waals surface area contributed by atoms with E-state index >= 15 is 0 Å². The molecule has 1 amide bonds. The fourth-order valence-corrected chi connectivity index (χ4v) is 2.61. The maximum Gasteiger partial charge on any atom is 0.255 e. The molecule has 0 radical (unpaired) electrons. The number of rotatable bonds is 3. The molecule has 1 N–H and O–H groups in total. The summed E-state index contributed by atoms with van der Waals surface area (Å²) in [6, 6.07) is 3.57. The van der Waals surface area contributed by atoms with Crippen molar-refractivity contribution in [3.05, 3.63) is 27.9 Å². The van der Waals surface area contributed by atoms with Crippen LogP contribution in [0.5, 0.6) is 0 Å². The van der Waals surface area contributed by atoms with Gasteiger partial charge in [-0.1, -0.05) is 0 Å². The van der Waals surface area contributed by atoms with Crippen LogP contribution in [0, 0.1) is 0 Å². The van der Waals surface area contributed by atoms with Crippen LogP contribution in [-0.2, 0) is 0 Å². The summed E-state index contributed by atoms with van der Waals surface area (Å²) in [4.78, 5) is 24.8. The van der Waals surface area contributed by atoms with Gasteiger partial charge < -0.3 is 14.6 Å². The number of anilines is 1. The molecule has 2 aromatic rings. The van der Waals surface area contributed by atoms with E-state index < -0.39 is 0 Å². The Balaban J connectivity index is 2.78. The van der Waals surface area contributed by atoms with Crippen molar-refractivity contribution in [3.8, 4) is 0 Å². The van der Waals surface area contributed by atoms with Crippen LogP contribution in [0.25, 0.3) is 11.0 Å². The Hall–Kier alpha value is -1.82. The van der Waals surface area contributed by atoms with Gasteiger partial charge >= 0.3 is 0 Å². The maximum atomic E-state index is 11.8. The normalized spacial score (nSPS) is 10.5. The summed E-state index contributed by atoms with van der Waals surface area (Å²) >= 11 is 3.45. The van der Waals surface area contributed by atoms with Gasteiger partial charge in [-0.2, -0.15) is 0 Å². The second-order valence-electron chi connectivity index (χ2n) is 4.23. The summed E-state index contributed by atoms with van der Waals surface area (Å²) in [6.45, 7) is 0. The number of nitrogens with zero attached hydrogens (tertiary/aromatic N) is 1. The van der Waals surface area contributed by atoms with Crippen molar-refractivity contribution in [2.75, 3.05) is 26.0 Å². The Morgan fingerprint density at radius 2 is 2.11 bits per heavy atom. The molecule has 1 heterocycles. The van der Waals surface area contributed by atoms with E-state index in [1.165, 1.54) is 7.05 Å². The Labute approximate surface area is 118 Å². The lowest BCUT2D eigenvalue weighted by Crippen LogP contribution is -2.18. The summed E-state index contributed by atoms with van der Waals surface area (Å²) in [7, 11) is 5.31. The number of carbonyl (C=O) groups is 2. The van der Waals surface area contributed by atoms with E-state index in [0.29, 0.717) is 17.3 Å². The highest BCUT2D eigenvalue weighted by atomic mass is 79.9. The van der Waals surface area contributed by atoms with Gasteiger partial charge in [0.25, 0.3) is 5.91 Å². The number of halogens is 1. The molecule has 5 nitrogen and oxygen atoms in total. The van der Waals surface area contributed by atoms with Crippen LogP contribution in [0.3, 0.4) is 0 Å². The molecule has 100 valence electrons. The SMILES string of the molecule is CNC(=O)c1c(C=O)oc2cc(N(C)C)c(Br)cc12. The van der Waals surface area contributed by atoms with E-state index in [1.807, 2.05) is 19.0 Å². The standard InChI is InChI=1S/C13H13BrN2O3/c1-15-13(18)12-7-4-8(14)9(16(2)3)5-10(7)19-11(12)6-17/h4-6H,1-3H3,(H,15,18). The molecule has 2 rings (SSSR count). The van der Waals surface area contributed by atoms with Crippen LogP contribution in [0.1, 0.15) is 20.9 Å². The van der Waals surface area contributed by atoms with Gasteiger partial charge in [0.2, 0.25) is 0 Å². The number of benzene rings is 1. The molecular weight excluding hydrogens is 312 g/mol. The molecule has 0 aliphatic heterocycles. The Morgan fingerprint density at radius 3 is 2.63 bits per heavy atom. The lowest BCUT2D eigenvalue weighted by molar-refractivity contribution is 0.0955. The van der Waals surface area contributed by atoms with E-state index in [1.54, 1.807) is 12.1 Å². The molecule has 0 spiro atoms. The van der Waals surface area contributed by atoms with Crippen molar-refractivity contribution in [1.82, 2.24) is 5.32 Å². The first-order valence-electron chi connectivity index (χ1n) is 5.60. The fourth-order valence-electron chi connectivity index (χ4n) is 1.91. The van der Waals surface area contributed by atoms with Crippen molar-refractivity contribution in [2.45, 2.75) is 0 Å². The largest absolute Gasteiger partial charge is 0.452 e. The average molecular weight is 325 g/mol. The van der Waals surface area contributed by atoms with Gasteiger partial charge in [0.15, 0.2) is 12.0 Å². The minimum atomic E-state index is -0.342. The molecule has 0 unspecified atom stereocenters. The summed E-state index contributed by atoms with van der Waals surface area (Å²) in [5, 5.41) is 3.12. The number of nitrogens with one attached hydrogen (secondary N) is 1. The smallest absolute Gasteiger partial charge is 0.255 e.